The number of carbonyl (C=O) groups is 1. The Bertz CT molecular complexity index is 422. The fourth-order valence-corrected chi connectivity index (χ4v) is 2.20. The molecule has 1 aliphatic rings. The molecule has 1 amide bonds. The fourth-order valence-electron chi connectivity index (χ4n) is 2.20. The molecular formula is C15H21N3O. The van der Waals surface area contributed by atoms with Crippen molar-refractivity contribution in [3.63, 3.8) is 0 Å². The molecule has 0 saturated carbocycles. The van der Waals surface area contributed by atoms with Crippen molar-refractivity contribution in [2.75, 3.05) is 36.4 Å². The van der Waals surface area contributed by atoms with E-state index in [1.165, 1.54) is 18.5 Å². The zero-order valence-corrected chi connectivity index (χ0v) is 11.2. The topological polar surface area (TPSA) is 44.4 Å². The first-order valence-corrected chi connectivity index (χ1v) is 6.76. The Morgan fingerprint density at radius 1 is 1.26 bits per heavy atom. The van der Waals surface area contributed by atoms with Gasteiger partial charge in [-0.1, -0.05) is 6.08 Å². The molecule has 0 spiro atoms. The monoisotopic (exact) mass is 259 g/mol. The number of nitrogens with one attached hydrogen (secondary N) is 2. The minimum Gasteiger partial charge on any atom is -0.376 e. The van der Waals surface area contributed by atoms with Gasteiger partial charge in [0.2, 0.25) is 5.91 Å². The molecule has 1 aliphatic heterocycles. The minimum absolute atomic E-state index is 0.0245. The third-order valence-electron chi connectivity index (χ3n) is 3.24. The first kappa shape index (κ1) is 13.5. The molecule has 0 radical (unpaired) electrons. The summed E-state index contributed by atoms with van der Waals surface area (Å²) in [6, 6.07) is 8.26. The van der Waals surface area contributed by atoms with E-state index >= 15 is 0 Å². The first-order valence-electron chi connectivity index (χ1n) is 6.76. The molecule has 2 N–H and O–H groups in total. The second kappa shape index (κ2) is 6.83. The van der Waals surface area contributed by atoms with E-state index in [2.05, 4.69) is 34.2 Å². The highest BCUT2D eigenvalue weighted by molar-refractivity contribution is 5.80. The molecule has 2 rings (SSSR count). The number of anilines is 2. The number of carbonyl (C=O) groups excluding carboxylic acids is 1. The van der Waals surface area contributed by atoms with Crippen LogP contribution in [0.15, 0.2) is 36.9 Å². The van der Waals surface area contributed by atoms with Crippen LogP contribution in [0, 0.1) is 0 Å². The highest BCUT2D eigenvalue weighted by Gasteiger charge is 2.11. The maximum atomic E-state index is 11.4. The van der Waals surface area contributed by atoms with E-state index in [0.29, 0.717) is 6.54 Å². The van der Waals surface area contributed by atoms with Crippen LogP contribution in [0.1, 0.15) is 12.8 Å². The Kier molecular flexibility index (Phi) is 4.84. The lowest BCUT2D eigenvalue weighted by Crippen LogP contribution is -2.29. The number of amides is 1. The zero-order valence-electron chi connectivity index (χ0n) is 11.2. The molecule has 4 heteroatoms. The van der Waals surface area contributed by atoms with Crippen LogP contribution in [0.2, 0.25) is 0 Å². The van der Waals surface area contributed by atoms with Gasteiger partial charge in [0, 0.05) is 31.0 Å². The van der Waals surface area contributed by atoms with Gasteiger partial charge in [-0.15, -0.1) is 6.58 Å². The van der Waals surface area contributed by atoms with Crippen LogP contribution in [0.5, 0.6) is 0 Å². The Morgan fingerprint density at radius 2 is 1.95 bits per heavy atom. The lowest BCUT2D eigenvalue weighted by molar-refractivity contribution is -0.119. The van der Waals surface area contributed by atoms with Gasteiger partial charge in [0.1, 0.15) is 0 Å². The summed E-state index contributed by atoms with van der Waals surface area (Å²) in [5, 5.41) is 5.84. The molecule has 0 unspecified atom stereocenters. The smallest absolute Gasteiger partial charge is 0.239 e. The Labute approximate surface area is 114 Å². The van der Waals surface area contributed by atoms with E-state index in [1.54, 1.807) is 6.08 Å². The highest BCUT2D eigenvalue weighted by atomic mass is 16.1. The summed E-state index contributed by atoms with van der Waals surface area (Å²) >= 11 is 0. The Morgan fingerprint density at radius 3 is 2.58 bits per heavy atom. The Balaban J connectivity index is 1.81. The molecule has 1 saturated heterocycles. The predicted molar refractivity (Wildman–Crippen MR) is 79.6 cm³/mol. The van der Waals surface area contributed by atoms with Gasteiger partial charge < -0.3 is 15.5 Å². The van der Waals surface area contributed by atoms with Crippen molar-refractivity contribution < 1.29 is 4.79 Å². The SMILES string of the molecule is C=CCNC(=O)CNc1ccc(N2CCCC2)cc1. The summed E-state index contributed by atoms with van der Waals surface area (Å²) in [5.41, 5.74) is 2.23. The molecule has 0 bridgehead atoms. The minimum atomic E-state index is -0.0245. The van der Waals surface area contributed by atoms with Gasteiger partial charge >= 0.3 is 0 Å². The number of hydrogen-bond acceptors (Lipinski definition) is 3. The fraction of sp³-hybridized carbons (Fsp3) is 0.400. The molecule has 4 nitrogen and oxygen atoms in total. The summed E-state index contributed by atoms with van der Waals surface area (Å²) in [6.45, 7) is 6.65. The summed E-state index contributed by atoms with van der Waals surface area (Å²) < 4.78 is 0. The molecule has 102 valence electrons. The van der Waals surface area contributed by atoms with Gasteiger partial charge in [-0.2, -0.15) is 0 Å². The molecule has 0 atom stereocenters. The van der Waals surface area contributed by atoms with Crippen LogP contribution < -0.4 is 15.5 Å². The van der Waals surface area contributed by atoms with Gasteiger partial charge in [-0.25, -0.2) is 0 Å². The summed E-state index contributed by atoms with van der Waals surface area (Å²) in [7, 11) is 0. The quantitative estimate of drug-likeness (QED) is 0.768. The lowest BCUT2D eigenvalue weighted by atomic mass is 10.2. The van der Waals surface area contributed by atoms with E-state index in [0.717, 1.165) is 18.8 Å². The molecule has 1 fully saturated rings. The summed E-state index contributed by atoms with van der Waals surface area (Å²) in [4.78, 5) is 13.8. The molecule has 0 aliphatic carbocycles. The maximum absolute atomic E-state index is 11.4. The zero-order chi connectivity index (χ0) is 13.5. The molecule has 1 aromatic rings. The van der Waals surface area contributed by atoms with Crippen LogP contribution in [0.4, 0.5) is 11.4 Å². The van der Waals surface area contributed by atoms with E-state index in [-0.39, 0.29) is 12.5 Å². The van der Waals surface area contributed by atoms with Crippen molar-refractivity contribution in [2.24, 2.45) is 0 Å². The van der Waals surface area contributed by atoms with Gasteiger partial charge in [0.05, 0.1) is 6.54 Å². The molecular weight excluding hydrogens is 238 g/mol. The van der Waals surface area contributed by atoms with Crippen molar-refractivity contribution in [1.82, 2.24) is 5.32 Å². The number of rotatable bonds is 6. The lowest BCUT2D eigenvalue weighted by Gasteiger charge is -2.17. The normalized spacial score (nSPS) is 14.2. The molecule has 0 aromatic heterocycles. The van der Waals surface area contributed by atoms with E-state index in [9.17, 15) is 4.79 Å². The second-order valence-corrected chi connectivity index (χ2v) is 4.69. The summed E-state index contributed by atoms with van der Waals surface area (Å²) in [5.74, 6) is -0.0245. The molecule has 1 aromatic carbocycles. The van der Waals surface area contributed by atoms with E-state index < -0.39 is 0 Å². The van der Waals surface area contributed by atoms with Crippen molar-refractivity contribution in [3.8, 4) is 0 Å². The standard InChI is InChI=1S/C15H21N3O/c1-2-9-16-15(19)12-17-13-5-7-14(8-6-13)18-10-3-4-11-18/h2,5-8,17H,1,3-4,9-12H2,(H,16,19). The van der Waals surface area contributed by atoms with Crippen LogP contribution in [0.25, 0.3) is 0 Å². The number of nitrogens with zero attached hydrogens (tertiary/aromatic N) is 1. The number of benzene rings is 1. The Hall–Kier alpha value is -1.97. The molecule has 1 heterocycles. The van der Waals surface area contributed by atoms with E-state index in [4.69, 9.17) is 0 Å². The van der Waals surface area contributed by atoms with Crippen LogP contribution in [0.3, 0.4) is 0 Å². The average molecular weight is 259 g/mol. The first-order chi connectivity index (χ1) is 9.29. The summed E-state index contributed by atoms with van der Waals surface area (Å²) in [6.07, 6.45) is 4.23. The second-order valence-electron chi connectivity index (χ2n) is 4.69. The van der Waals surface area contributed by atoms with Crippen molar-refractivity contribution >= 4 is 17.3 Å². The maximum Gasteiger partial charge on any atom is 0.239 e. The third-order valence-corrected chi connectivity index (χ3v) is 3.24. The van der Waals surface area contributed by atoms with Gasteiger partial charge in [-0.3, -0.25) is 4.79 Å². The van der Waals surface area contributed by atoms with Gasteiger partial charge in [0.15, 0.2) is 0 Å². The van der Waals surface area contributed by atoms with Gasteiger partial charge in [0.25, 0.3) is 0 Å². The highest BCUT2D eigenvalue weighted by Crippen LogP contribution is 2.21. The van der Waals surface area contributed by atoms with Crippen molar-refractivity contribution in [3.05, 3.63) is 36.9 Å². The van der Waals surface area contributed by atoms with Crippen molar-refractivity contribution in [2.45, 2.75) is 12.8 Å². The van der Waals surface area contributed by atoms with Crippen LogP contribution in [-0.4, -0.2) is 32.1 Å². The molecule has 19 heavy (non-hydrogen) atoms. The average Bonchev–Trinajstić information content (AvgIpc) is 2.97. The van der Waals surface area contributed by atoms with Crippen LogP contribution in [-0.2, 0) is 4.79 Å². The van der Waals surface area contributed by atoms with Crippen LogP contribution >= 0.6 is 0 Å². The number of hydrogen-bond donors (Lipinski definition) is 2. The predicted octanol–water partition coefficient (Wildman–Crippen LogP) is 2.00. The van der Waals surface area contributed by atoms with Crippen molar-refractivity contribution in [1.29, 1.82) is 0 Å². The van der Waals surface area contributed by atoms with E-state index in [1.807, 2.05) is 12.1 Å². The van der Waals surface area contributed by atoms with Gasteiger partial charge in [-0.05, 0) is 37.1 Å². The third kappa shape index (κ3) is 4.02. The largest absolute Gasteiger partial charge is 0.376 e.